The lowest BCUT2D eigenvalue weighted by Gasteiger charge is -2.09. The van der Waals surface area contributed by atoms with Crippen LogP contribution in [0.3, 0.4) is 0 Å². The van der Waals surface area contributed by atoms with Crippen molar-refractivity contribution in [2.45, 2.75) is 0 Å². The normalized spacial score (nSPS) is 10.1. The summed E-state index contributed by atoms with van der Waals surface area (Å²) >= 11 is 0. The Balaban J connectivity index is 2.87. The van der Waals surface area contributed by atoms with E-state index in [1.807, 2.05) is 0 Å². The summed E-state index contributed by atoms with van der Waals surface area (Å²) in [6.45, 7) is 3.95. The summed E-state index contributed by atoms with van der Waals surface area (Å²) in [7, 11) is 1.53. The third-order valence-corrected chi connectivity index (χ3v) is 2.08. The van der Waals surface area contributed by atoms with Crippen molar-refractivity contribution in [1.29, 1.82) is 0 Å². The first-order valence-corrected chi connectivity index (χ1v) is 5.25. The van der Waals surface area contributed by atoms with Crippen LogP contribution in [0.2, 0.25) is 0 Å². The fourth-order valence-corrected chi connectivity index (χ4v) is 1.26. The SMILES string of the molecule is C=CCOc1ccc(/C=C/C(=O)NO)cc1OC. The van der Waals surface area contributed by atoms with Gasteiger partial charge in [-0.2, -0.15) is 0 Å². The van der Waals surface area contributed by atoms with Gasteiger partial charge in [-0.25, -0.2) is 5.48 Å². The molecule has 0 unspecified atom stereocenters. The first-order chi connectivity index (χ1) is 8.71. The van der Waals surface area contributed by atoms with Gasteiger partial charge in [0.2, 0.25) is 0 Å². The topological polar surface area (TPSA) is 67.8 Å². The summed E-state index contributed by atoms with van der Waals surface area (Å²) in [5.41, 5.74) is 2.26. The van der Waals surface area contributed by atoms with E-state index in [0.717, 1.165) is 5.56 Å². The number of carbonyl (C=O) groups is 1. The quantitative estimate of drug-likeness (QED) is 0.349. The van der Waals surface area contributed by atoms with Gasteiger partial charge in [-0.3, -0.25) is 10.0 Å². The molecule has 0 aromatic heterocycles. The second kappa shape index (κ2) is 7.13. The number of carbonyl (C=O) groups excluding carboxylic acids is 1. The van der Waals surface area contributed by atoms with Crippen molar-refractivity contribution in [3.63, 3.8) is 0 Å². The average molecular weight is 249 g/mol. The molecule has 0 aliphatic heterocycles. The van der Waals surface area contributed by atoms with Crippen molar-refractivity contribution in [2.24, 2.45) is 0 Å². The molecule has 5 heteroatoms. The zero-order valence-corrected chi connectivity index (χ0v) is 10.1. The van der Waals surface area contributed by atoms with Crippen LogP contribution in [-0.4, -0.2) is 24.8 Å². The molecule has 2 N–H and O–H groups in total. The van der Waals surface area contributed by atoms with Crippen LogP contribution in [0.1, 0.15) is 5.56 Å². The van der Waals surface area contributed by atoms with E-state index < -0.39 is 5.91 Å². The lowest BCUT2D eigenvalue weighted by molar-refractivity contribution is -0.124. The molecule has 0 saturated carbocycles. The van der Waals surface area contributed by atoms with Gasteiger partial charge in [0.15, 0.2) is 11.5 Å². The Morgan fingerprint density at radius 3 is 2.89 bits per heavy atom. The number of amides is 1. The number of benzene rings is 1. The van der Waals surface area contributed by atoms with E-state index >= 15 is 0 Å². The Morgan fingerprint density at radius 1 is 1.50 bits per heavy atom. The molecule has 0 heterocycles. The first-order valence-electron chi connectivity index (χ1n) is 5.25. The van der Waals surface area contributed by atoms with E-state index in [9.17, 15) is 4.79 Å². The number of hydrogen-bond donors (Lipinski definition) is 2. The van der Waals surface area contributed by atoms with Gasteiger partial charge in [-0.05, 0) is 23.8 Å². The third kappa shape index (κ3) is 3.95. The Kier molecular flexibility index (Phi) is 5.47. The molecular formula is C13H15NO4. The molecule has 0 aliphatic rings. The molecule has 0 atom stereocenters. The Bertz CT molecular complexity index is 454. The standard InChI is InChI=1S/C13H15NO4/c1-3-8-18-11-6-4-10(9-12(11)17-2)5-7-13(15)14-16/h3-7,9,16H,1,8H2,2H3,(H,14,15)/b7-5+. The maximum absolute atomic E-state index is 10.8. The molecule has 0 bridgehead atoms. The predicted octanol–water partition coefficient (Wildman–Crippen LogP) is 1.78. The van der Waals surface area contributed by atoms with Gasteiger partial charge in [-0.1, -0.05) is 18.7 Å². The minimum atomic E-state index is -0.596. The Morgan fingerprint density at radius 2 is 2.28 bits per heavy atom. The smallest absolute Gasteiger partial charge is 0.267 e. The van der Waals surface area contributed by atoms with E-state index in [0.29, 0.717) is 18.1 Å². The zero-order chi connectivity index (χ0) is 13.4. The molecule has 1 rings (SSSR count). The minimum absolute atomic E-state index is 0.387. The van der Waals surface area contributed by atoms with E-state index in [2.05, 4.69) is 6.58 Å². The Hall–Kier alpha value is -2.27. The summed E-state index contributed by atoms with van der Waals surface area (Å²) in [4.78, 5) is 10.8. The summed E-state index contributed by atoms with van der Waals surface area (Å²) in [6, 6.07) is 5.22. The number of hydrogen-bond acceptors (Lipinski definition) is 4. The largest absolute Gasteiger partial charge is 0.493 e. The predicted molar refractivity (Wildman–Crippen MR) is 67.6 cm³/mol. The van der Waals surface area contributed by atoms with Crippen LogP contribution >= 0.6 is 0 Å². The van der Waals surface area contributed by atoms with E-state index in [1.54, 1.807) is 30.4 Å². The number of nitrogens with one attached hydrogen (secondary N) is 1. The average Bonchev–Trinajstić information content (AvgIpc) is 2.42. The van der Waals surface area contributed by atoms with Crippen LogP contribution < -0.4 is 15.0 Å². The summed E-state index contributed by atoms with van der Waals surface area (Å²) in [6.07, 6.45) is 4.39. The van der Waals surface area contributed by atoms with Crippen LogP contribution in [0.5, 0.6) is 11.5 Å². The maximum Gasteiger partial charge on any atom is 0.267 e. The first kappa shape index (κ1) is 13.8. The van der Waals surface area contributed by atoms with Gasteiger partial charge in [0.1, 0.15) is 6.61 Å². The van der Waals surface area contributed by atoms with Crippen LogP contribution in [0.15, 0.2) is 36.9 Å². The highest BCUT2D eigenvalue weighted by molar-refractivity contribution is 5.90. The monoisotopic (exact) mass is 249 g/mol. The number of rotatable bonds is 6. The molecular weight excluding hydrogens is 234 g/mol. The maximum atomic E-state index is 10.8. The summed E-state index contributed by atoms with van der Waals surface area (Å²) < 4.78 is 10.6. The summed E-state index contributed by atoms with van der Waals surface area (Å²) in [5, 5.41) is 8.35. The van der Waals surface area contributed by atoms with Gasteiger partial charge in [0, 0.05) is 6.08 Å². The highest BCUT2D eigenvalue weighted by Crippen LogP contribution is 2.28. The van der Waals surface area contributed by atoms with Crippen molar-refractivity contribution < 1.29 is 19.5 Å². The fraction of sp³-hybridized carbons (Fsp3) is 0.154. The molecule has 0 spiro atoms. The molecule has 18 heavy (non-hydrogen) atoms. The molecule has 1 amide bonds. The van der Waals surface area contributed by atoms with Crippen molar-refractivity contribution in [1.82, 2.24) is 5.48 Å². The molecule has 1 aromatic rings. The van der Waals surface area contributed by atoms with Gasteiger partial charge in [-0.15, -0.1) is 0 Å². The van der Waals surface area contributed by atoms with Crippen molar-refractivity contribution in [2.75, 3.05) is 13.7 Å². The van der Waals surface area contributed by atoms with E-state index in [1.165, 1.54) is 18.7 Å². The van der Waals surface area contributed by atoms with E-state index in [4.69, 9.17) is 14.7 Å². The van der Waals surface area contributed by atoms with Crippen molar-refractivity contribution >= 4 is 12.0 Å². The molecule has 1 aromatic carbocycles. The highest BCUT2D eigenvalue weighted by atomic mass is 16.5. The fourth-order valence-electron chi connectivity index (χ4n) is 1.26. The second-order valence-electron chi connectivity index (χ2n) is 3.32. The molecule has 0 saturated heterocycles. The molecule has 96 valence electrons. The van der Waals surface area contributed by atoms with Crippen LogP contribution in [0.25, 0.3) is 6.08 Å². The highest BCUT2D eigenvalue weighted by Gasteiger charge is 2.04. The van der Waals surface area contributed by atoms with Crippen LogP contribution in [0.4, 0.5) is 0 Å². The van der Waals surface area contributed by atoms with Gasteiger partial charge < -0.3 is 9.47 Å². The van der Waals surface area contributed by atoms with Gasteiger partial charge in [0.05, 0.1) is 7.11 Å². The number of ether oxygens (including phenoxy) is 2. The van der Waals surface area contributed by atoms with Gasteiger partial charge >= 0.3 is 0 Å². The van der Waals surface area contributed by atoms with Crippen molar-refractivity contribution in [3.05, 3.63) is 42.5 Å². The molecule has 0 radical (unpaired) electrons. The lowest BCUT2D eigenvalue weighted by Crippen LogP contribution is -2.14. The third-order valence-electron chi connectivity index (χ3n) is 2.08. The molecule has 0 aliphatic carbocycles. The minimum Gasteiger partial charge on any atom is -0.493 e. The summed E-state index contributed by atoms with van der Waals surface area (Å²) in [5.74, 6) is 0.561. The van der Waals surface area contributed by atoms with E-state index in [-0.39, 0.29) is 0 Å². The number of hydroxylamine groups is 1. The van der Waals surface area contributed by atoms with Gasteiger partial charge in [0.25, 0.3) is 5.91 Å². The molecule has 0 fully saturated rings. The lowest BCUT2D eigenvalue weighted by atomic mass is 10.2. The van der Waals surface area contributed by atoms with Crippen LogP contribution in [0, 0.1) is 0 Å². The Labute approximate surface area is 105 Å². The van der Waals surface area contributed by atoms with Crippen molar-refractivity contribution in [3.8, 4) is 11.5 Å². The molecule has 5 nitrogen and oxygen atoms in total. The zero-order valence-electron chi connectivity index (χ0n) is 10.1. The second-order valence-corrected chi connectivity index (χ2v) is 3.32. The van der Waals surface area contributed by atoms with Crippen LogP contribution in [-0.2, 0) is 4.79 Å². The number of methoxy groups -OCH3 is 1.